The first-order chi connectivity index (χ1) is 13.8. The molecule has 0 unspecified atom stereocenters. The molecule has 0 radical (unpaired) electrons. The highest BCUT2D eigenvalue weighted by Gasteiger charge is 2.22. The molecule has 9 nitrogen and oxygen atoms in total. The third kappa shape index (κ3) is 3.85. The Hall–Kier alpha value is -2.91. The molecule has 2 aromatic rings. The van der Waals surface area contributed by atoms with Crippen molar-refractivity contribution in [3.8, 4) is 5.75 Å². The molecule has 3 N–H and O–H groups in total. The minimum absolute atomic E-state index is 0.103. The highest BCUT2D eigenvalue weighted by molar-refractivity contribution is 6.13. The number of phenolic OH excluding ortho intramolecular Hbond substituents is 1. The molecule has 4 rings (SSSR count). The van der Waals surface area contributed by atoms with Gasteiger partial charge in [-0.2, -0.15) is 10.1 Å². The topological polar surface area (TPSA) is 109 Å². The smallest absolute Gasteiger partial charge is 0.228 e. The number of phenols is 1. The van der Waals surface area contributed by atoms with Gasteiger partial charge in [-0.3, -0.25) is 0 Å². The molecule has 9 heteroatoms. The molecule has 0 atom stereocenters. The molecule has 2 saturated heterocycles. The van der Waals surface area contributed by atoms with Crippen molar-refractivity contribution in [1.29, 1.82) is 0 Å². The van der Waals surface area contributed by atoms with Gasteiger partial charge in [-0.1, -0.05) is 12.1 Å². The number of para-hydroxylation sites is 1. The number of hydrogen-bond acceptors (Lipinski definition) is 9. The monoisotopic (exact) mass is 384 g/mol. The second kappa shape index (κ2) is 8.41. The Bertz CT molecular complexity index is 811. The molecule has 2 aliphatic heterocycles. The van der Waals surface area contributed by atoms with Crippen LogP contribution in [0.1, 0.15) is 11.3 Å². The number of nitrogens with two attached hydrogens (primary N) is 1. The minimum atomic E-state index is 0.103. The van der Waals surface area contributed by atoms with Crippen molar-refractivity contribution in [1.82, 2.24) is 9.97 Å². The van der Waals surface area contributed by atoms with Crippen LogP contribution in [0.15, 0.2) is 35.4 Å². The molecule has 0 saturated carbocycles. The van der Waals surface area contributed by atoms with Crippen LogP contribution in [-0.4, -0.2) is 73.4 Å². The summed E-state index contributed by atoms with van der Waals surface area (Å²) in [5, 5.41) is 14.2. The summed E-state index contributed by atoms with van der Waals surface area (Å²) in [4.78, 5) is 13.8. The van der Waals surface area contributed by atoms with E-state index in [9.17, 15) is 5.11 Å². The molecule has 2 fully saturated rings. The van der Waals surface area contributed by atoms with E-state index < -0.39 is 0 Å². The minimum Gasteiger partial charge on any atom is -0.507 e. The van der Waals surface area contributed by atoms with E-state index in [4.69, 9.17) is 25.3 Å². The number of nitrogens with zero attached hydrogens (tertiary/aromatic N) is 5. The maximum Gasteiger partial charge on any atom is 0.228 e. The molecule has 0 aliphatic carbocycles. The lowest BCUT2D eigenvalue weighted by Gasteiger charge is -2.31. The second-order valence-corrected chi connectivity index (χ2v) is 6.61. The van der Waals surface area contributed by atoms with Gasteiger partial charge in [-0.25, -0.2) is 4.98 Å². The molecular formula is C19H24N6O3. The highest BCUT2D eigenvalue weighted by atomic mass is 16.5. The van der Waals surface area contributed by atoms with Gasteiger partial charge in [0, 0.05) is 37.8 Å². The van der Waals surface area contributed by atoms with Crippen molar-refractivity contribution in [2.24, 2.45) is 10.9 Å². The Morgan fingerprint density at radius 1 is 0.964 bits per heavy atom. The largest absolute Gasteiger partial charge is 0.507 e. The van der Waals surface area contributed by atoms with Gasteiger partial charge in [0.15, 0.2) is 0 Å². The number of hydrogen-bond donors (Lipinski definition) is 2. The standard InChI is InChI=1S/C19H24N6O3/c20-23-18(14-3-1-2-4-16(14)26)15-13-17(24-5-9-27-10-6-24)22-19(21-15)25-7-11-28-12-8-25/h1-4,13,26H,5-12,20H2/b23-18+. The van der Waals surface area contributed by atoms with E-state index >= 15 is 0 Å². The number of aromatic nitrogens is 2. The van der Waals surface area contributed by atoms with Gasteiger partial charge in [0.2, 0.25) is 5.95 Å². The normalized spacial score (nSPS) is 18.4. The zero-order valence-electron chi connectivity index (χ0n) is 15.6. The van der Waals surface area contributed by atoms with E-state index in [1.54, 1.807) is 18.2 Å². The Morgan fingerprint density at radius 3 is 2.25 bits per heavy atom. The fourth-order valence-corrected chi connectivity index (χ4v) is 3.35. The average molecular weight is 384 g/mol. The van der Waals surface area contributed by atoms with Crippen molar-refractivity contribution in [2.45, 2.75) is 0 Å². The Labute approximate surface area is 163 Å². The zero-order chi connectivity index (χ0) is 19.3. The first-order valence-corrected chi connectivity index (χ1v) is 9.37. The van der Waals surface area contributed by atoms with Crippen molar-refractivity contribution in [2.75, 3.05) is 62.4 Å². The van der Waals surface area contributed by atoms with Crippen LogP contribution in [0.4, 0.5) is 11.8 Å². The number of anilines is 2. The lowest BCUT2D eigenvalue weighted by molar-refractivity contribution is 0.121. The summed E-state index contributed by atoms with van der Waals surface area (Å²) in [7, 11) is 0. The van der Waals surface area contributed by atoms with E-state index in [-0.39, 0.29) is 5.75 Å². The van der Waals surface area contributed by atoms with Crippen LogP contribution in [0.3, 0.4) is 0 Å². The van der Waals surface area contributed by atoms with E-state index in [0.717, 1.165) is 32.0 Å². The van der Waals surface area contributed by atoms with E-state index in [0.29, 0.717) is 49.3 Å². The maximum absolute atomic E-state index is 10.3. The van der Waals surface area contributed by atoms with Crippen LogP contribution in [0.2, 0.25) is 0 Å². The van der Waals surface area contributed by atoms with E-state index in [1.165, 1.54) is 0 Å². The molecule has 0 bridgehead atoms. The third-order valence-corrected chi connectivity index (χ3v) is 4.86. The molecule has 3 heterocycles. The van der Waals surface area contributed by atoms with Gasteiger partial charge in [0.05, 0.1) is 32.1 Å². The zero-order valence-corrected chi connectivity index (χ0v) is 15.6. The maximum atomic E-state index is 10.3. The van der Waals surface area contributed by atoms with Gasteiger partial charge in [-0.15, -0.1) is 0 Å². The van der Waals surface area contributed by atoms with Crippen LogP contribution < -0.4 is 15.6 Å². The molecular weight excluding hydrogens is 360 g/mol. The van der Waals surface area contributed by atoms with Crippen molar-refractivity contribution >= 4 is 17.5 Å². The SMILES string of the molecule is N/N=C(/c1cc(N2CCOCC2)nc(N2CCOCC2)n1)c1ccccc1O. The quantitative estimate of drug-likeness (QED) is 0.447. The first-order valence-electron chi connectivity index (χ1n) is 9.37. The second-order valence-electron chi connectivity index (χ2n) is 6.61. The lowest BCUT2D eigenvalue weighted by atomic mass is 10.1. The number of morpholine rings is 2. The van der Waals surface area contributed by atoms with Crippen LogP contribution in [-0.2, 0) is 9.47 Å². The molecule has 2 aliphatic rings. The average Bonchev–Trinajstić information content (AvgIpc) is 2.77. The predicted octanol–water partition coefficient (Wildman–Crippen LogP) is 0.567. The fraction of sp³-hybridized carbons (Fsp3) is 0.421. The van der Waals surface area contributed by atoms with E-state index in [1.807, 2.05) is 12.1 Å². The molecule has 148 valence electrons. The number of hydrazone groups is 1. The molecule has 0 spiro atoms. The number of ether oxygens (including phenoxy) is 2. The Kier molecular flexibility index (Phi) is 5.54. The van der Waals surface area contributed by atoms with Crippen molar-refractivity contribution < 1.29 is 14.6 Å². The van der Waals surface area contributed by atoms with Gasteiger partial charge in [0.25, 0.3) is 0 Å². The Balaban J connectivity index is 1.77. The first kappa shape index (κ1) is 18.5. The highest BCUT2D eigenvalue weighted by Crippen LogP contribution is 2.24. The summed E-state index contributed by atoms with van der Waals surface area (Å²) in [5.41, 5.74) is 1.52. The van der Waals surface area contributed by atoms with E-state index in [2.05, 4.69) is 14.9 Å². The molecule has 28 heavy (non-hydrogen) atoms. The van der Waals surface area contributed by atoms with Crippen LogP contribution >= 0.6 is 0 Å². The molecule has 1 aromatic carbocycles. The molecule has 1 aromatic heterocycles. The summed E-state index contributed by atoms with van der Waals surface area (Å²) >= 11 is 0. The summed E-state index contributed by atoms with van der Waals surface area (Å²) in [5.74, 6) is 7.22. The van der Waals surface area contributed by atoms with Gasteiger partial charge >= 0.3 is 0 Å². The van der Waals surface area contributed by atoms with Crippen molar-refractivity contribution in [3.63, 3.8) is 0 Å². The van der Waals surface area contributed by atoms with Crippen molar-refractivity contribution in [3.05, 3.63) is 41.6 Å². The molecule has 0 amide bonds. The number of rotatable bonds is 4. The number of benzene rings is 1. The van der Waals surface area contributed by atoms with Gasteiger partial charge in [0.1, 0.15) is 17.3 Å². The Morgan fingerprint density at radius 2 is 1.61 bits per heavy atom. The summed E-state index contributed by atoms with van der Waals surface area (Å²) < 4.78 is 10.9. The van der Waals surface area contributed by atoms with Crippen LogP contribution in [0.25, 0.3) is 0 Å². The summed E-state index contributed by atoms with van der Waals surface area (Å²) in [6.45, 7) is 5.54. The van der Waals surface area contributed by atoms with Gasteiger partial charge < -0.3 is 30.2 Å². The third-order valence-electron chi connectivity index (χ3n) is 4.86. The number of aromatic hydroxyl groups is 1. The van der Waals surface area contributed by atoms with Gasteiger partial charge in [-0.05, 0) is 12.1 Å². The van der Waals surface area contributed by atoms with Crippen LogP contribution in [0, 0.1) is 0 Å². The lowest BCUT2D eigenvalue weighted by Crippen LogP contribution is -2.39. The summed E-state index contributed by atoms with van der Waals surface area (Å²) in [6.07, 6.45) is 0. The fourth-order valence-electron chi connectivity index (χ4n) is 3.35. The summed E-state index contributed by atoms with van der Waals surface area (Å²) in [6, 6.07) is 8.82. The van der Waals surface area contributed by atoms with Crippen LogP contribution in [0.5, 0.6) is 5.75 Å². The predicted molar refractivity (Wildman–Crippen MR) is 106 cm³/mol.